The third kappa shape index (κ3) is 5.46. The lowest BCUT2D eigenvalue weighted by Crippen LogP contribution is -2.36. The van der Waals surface area contributed by atoms with Gasteiger partial charge in [-0.1, -0.05) is 24.2 Å². The lowest BCUT2D eigenvalue weighted by molar-refractivity contribution is -0.274. The van der Waals surface area contributed by atoms with Crippen LogP contribution < -0.4 is 15.4 Å². The number of hydrogen-bond acceptors (Lipinski definition) is 5. The molecule has 1 aliphatic carbocycles. The molecule has 2 aliphatic rings. The highest BCUT2D eigenvalue weighted by Crippen LogP contribution is 2.30. The zero-order valence-electron chi connectivity index (χ0n) is 16.5. The molecular weight excluding hydrogens is 433 g/mol. The van der Waals surface area contributed by atoms with E-state index in [0.29, 0.717) is 24.6 Å². The fraction of sp³-hybridized carbons (Fsp3) is 0.450. The topological polar surface area (TPSA) is 83.6 Å². The van der Waals surface area contributed by atoms with Crippen molar-refractivity contribution in [1.82, 2.24) is 15.2 Å². The fourth-order valence-corrected chi connectivity index (χ4v) is 4.81. The maximum absolute atomic E-state index is 12.8. The van der Waals surface area contributed by atoms with Crippen LogP contribution >= 0.6 is 11.3 Å². The van der Waals surface area contributed by atoms with Gasteiger partial charge in [0.2, 0.25) is 0 Å². The first kappa shape index (κ1) is 21.4. The smallest absolute Gasteiger partial charge is 0.406 e. The number of ether oxygens (including phenoxy) is 1. The van der Waals surface area contributed by atoms with E-state index in [1.165, 1.54) is 23.5 Å². The number of carbonyl (C=O) groups excluding carboxylic acids is 2. The number of benzene rings is 1. The van der Waals surface area contributed by atoms with E-state index in [-0.39, 0.29) is 29.3 Å². The number of hydrogen-bond donors (Lipinski definition) is 2. The van der Waals surface area contributed by atoms with Crippen molar-refractivity contribution >= 4 is 28.4 Å². The van der Waals surface area contributed by atoms with Crippen molar-refractivity contribution in [2.75, 3.05) is 11.9 Å². The first-order chi connectivity index (χ1) is 14.8. The Labute approximate surface area is 180 Å². The molecule has 0 saturated heterocycles. The minimum absolute atomic E-state index is 0.204. The number of fused-ring (bicyclic) bond motifs is 1. The van der Waals surface area contributed by atoms with Crippen molar-refractivity contribution in [2.24, 2.45) is 0 Å². The van der Waals surface area contributed by atoms with Gasteiger partial charge in [0.15, 0.2) is 5.13 Å². The number of thiazole rings is 1. The summed E-state index contributed by atoms with van der Waals surface area (Å²) in [5.41, 5.74) is 1.12. The first-order valence-corrected chi connectivity index (χ1v) is 10.8. The van der Waals surface area contributed by atoms with Crippen LogP contribution in [0.4, 0.5) is 23.1 Å². The standard InChI is InChI=1S/C20H21F3N4O3S/c21-20(22,23)30-14-7-5-12(6-8-14)17(28)27-10-9-15-16(11-27)31-19(25-15)26-18(29)24-13-3-1-2-4-13/h5-8,13H,1-4,9-11H2,(H2,24,25,26,29). The molecule has 11 heteroatoms. The van der Waals surface area contributed by atoms with Crippen LogP contribution in [0.3, 0.4) is 0 Å². The summed E-state index contributed by atoms with van der Waals surface area (Å²) in [7, 11) is 0. The van der Waals surface area contributed by atoms with Gasteiger partial charge in [0.05, 0.1) is 12.2 Å². The number of anilines is 1. The van der Waals surface area contributed by atoms with Crippen LogP contribution in [0.5, 0.6) is 5.75 Å². The third-order valence-corrected chi connectivity index (χ3v) is 6.26. The second kappa shape index (κ2) is 8.74. The predicted octanol–water partition coefficient (Wildman–Crippen LogP) is 4.30. The third-order valence-electron chi connectivity index (χ3n) is 5.26. The van der Waals surface area contributed by atoms with E-state index in [1.807, 2.05) is 0 Å². The van der Waals surface area contributed by atoms with Gasteiger partial charge in [0.1, 0.15) is 5.75 Å². The minimum atomic E-state index is -4.78. The molecule has 1 fully saturated rings. The van der Waals surface area contributed by atoms with Gasteiger partial charge >= 0.3 is 12.4 Å². The van der Waals surface area contributed by atoms with E-state index in [9.17, 15) is 22.8 Å². The van der Waals surface area contributed by atoms with Crippen LogP contribution in [0.25, 0.3) is 0 Å². The molecule has 1 aliphatic heterocycles. The largest absolute Gasteiger partial charge is 0.573 e. The van der Waals surface area contributed by atoms with Gasteiger partial charge in [-0.25, -0.2) is 9.78 Å². The number of aromatic nitrogens is 1. The number of nitrogens with zero attached hydrogens (tertiary/aromatic N) is 2. The molecule has 0 unspecified atom stereocenters. The molecule has 4 rings (SSSR count). The van der Waals surface area contributed by atoms with Crippen molar-refractivity contribution < 1.29 is 27.5 Å². The molecule has 2 aromatic rings. The highest BCUT2D eigenvalue weighted by atomic mass is 32.1. The van der Waals surface area contributed by atoms with Gasteiger partial charge in [0.25, 0.3) is 5.91 Å². The van der Waals surface area contributed by atoms with Crippen molar-refractivity contribution in [3.63, 3.8) is 0 Å². The maximum Gasteiger partial charge on any atom is 0.573 e. The summed E-state index contributed by atoms with van der Waals surface area (Å²) in [6, 6.07) is 4.79. The van der Waals surface area contributed by atoms with Gasteiger partial charge in [-0.3, -0.25) is 10.1 Å². The van der Waals surface area contributed by atoms with Crippen LogP contribution in [0.1, 0.15) is 46.6 Å². The Morgan fingerprint density at radius 1 is 1.16 bits per heavy atom. The molecule has 1 aromatic heterocycles. The number of halogens is 3. The van der Waals surface area contributed by atoms with E-state index in [2.05, 4.69) is 20.4 Å². The van der Waals surface area contributed by atoms with Gasteiger partial charge in [-0.15, -0.1) is 13.2 Å². The molecule has 0 spiro atoms. The monoisotopic (exact) mass is 454 g/mol. The summed E-state index contributed by atoms with van der Waals surface area (Å²) in [6.45, 7) is 0.767. The van der Waals surface area contributed by atoms with Crippen LogP contribution in [-0.2, 0) is 13.0 Å². The number of urea groups is 1. The molecule has 2 N–H and O–H groups in total. The second-order valence-electron chi connectivity index (χ2n) is 7.52. The van der Waals surface area contributed by atoms with E-state index >= 15 is 0 Å². The van der Waals surface area contributed by atoms with Crippen LogP contribution in [0, 0.1) is 0 Å². The fourth-order valence-electron chi connectivity index (χ4n) is 3.79. The molecular formula is C20H21F3N4O3S. The molecule has 1 saturated carbocycles. The molecule has 166 valence electrons. The lowest BCUT2D eigenvalue weighted by Gasteiger charge is -2.26. The summed E-state index contributed by atoms with van der Waals surface area (Å²) >= 11 is 1.32. The Morgan fingerprint density at radius 2 is 1.87 bits per heavy atom. The summed E-state index contributed by atoms with van der Waals surface area (Å²) < 4.78 is 40.7. The number of carbonyl (C=O) groups is 2. The summed E-state index contributed by atoms with van der Waals surface area (Å²) in [5, 5.41) is 6.21. The molecule has 0 atom stereocenters. The Hall–Kier alpha value is -2.82. The van der Waals surface area contributed by atoms with Crippen molar-refractivity contribution in [2.45, 2.75) is 51.1 Å². The Bertz CT molecular complexity index is 956. The summed E-state index contributed by atoms with van der Waals surface area (Å²) in [5.74, 6) is -0.662. The molecule has 0 radical (unpaired) electrons. The zero-order valence-corrected chi connectivity index (χ0v) is 17.3. The lowest BCUT2D eigenvalue weighted by atomic mass is 10.1. The molecule has 31 heavy (non-hydrogen) atoms. The van der Waals surface area contributed by atoms with E-state index in [4.69, 9.17) is 0 Å². The number of amides is 3. The Kier molecular flexibility index (Phi) is 6.03. The first-order valence-electron chi connectivity index (χ1n) is 9.98. The maximum atomic E-state index is 12.8. The number of nitrogens with one attached hydrogen (secondary N) is 2. The second-order valence-corrected chi connectivity index (χ2v) is 8.60. The van der Waals surface area contributed by atoms with E-state index in [0.717, 1.165) is 48.4 Å². The molecule has 2 heterocycles. The summed E-state index contributed by atoms with van der Waals surface area (Å²) in [6.07, 6.45) is -0.0132. The Morgan fingerprint density at radius 3 is 2.55 bits per heavy atom. The van der Waals surface area contributed by atoms with Crippen LogP contribution in [0.15, 0.2) is 24.3 Å². The van der Waals surface area contributed by atoms with Crippen molar-refractivity contribution in [1.29, 1.82) is 0 Å². The normalized spacial score (nSPS) is 16.7. The van der Waals surface area contributed by atoms with Gasteiger partial charge < -0.3 is 15.0 Å². The van der Waals surface area contributed by atoms with Crippen molar-refractivity contribution in [3.8, 4) is 5.75 Å². The quantitative estimate of drug-likeness (QED) is 0.722. The van der Waals surface area contributed by atoms with Gasteiger partial charge in [-0.2, -0.15) is 0 Å². The average Bonchev–Trinajstić information content (AvgIpc) is 3.35. The van der Waals surface area contributed by atoms with Crippen LogP contribution in [0.2, 0.25) is 0 Å². The number of rotatable bonds is 4. The molecule has 0 bridgehead atoms. The summed E-state index contributed by atoms with van der Waals surface area (Å²) in [4.78, 5) is 31.9. The van der Waals surface area contributed by atoms with Crippen molar-refractivity contribution in [3.05, 3.63) is 40.4 Å². The molecule has 7 nitrogen and oxygen atoms in total. The zero-order chi connectivity index (χ0) is 22.0. The molecule has 1 aromatic carbocycles. The van der Waals surface area contributed by atoms with Crippen LogP contribution in [-0.4, -0.2) is 40.8 Å². The average molecular weight is 454 g/mol. The molecule has 3 amide bonds. The van der Waals surface area contributed by atoms with E-state index < -0.39 is 6.36 Å². The predicted molar refractivity (Wildman–Crippen MR) is 108 cm³/mol. The highest BCUT2D eigenvalue weighted by Gasteiger charge is 2.31. The number of alkyl halides is 3. The SMILES string of the molecule is O=C(Nc1nc2c(s1)CN(C(=O)c1ccc(OC(F)(F)F)cc1)CC2)NC1CCCC1. The van der Waals surface area contributed by atoms with Gasteiger partial charge in [-0.05, 0) is 37.1 Å². The van der Waals surface area contributed by atoms with Gasteiger partial charge in [0, 0.05) is 29.4 Å². The van der Waals surface area contributed by atoms with E-state index in [1.54, 1.807) is 4.90 Å². The minimum Gasteiger partial charge on any atom is -0.406 e. The Balaban J connectivity index is 1.36. The highest BCUT2D eigenvalue weighted by molar-refractivity contribution is 7.15.